The van der Waals surface area contributed by atoms with Gasteiger partial charge in [-0.1, -0.05) is 0 Å². The molecule has 0 aliphatic rings. The smallest absolute Gasteiger partial charge is 0.339 e. The molecule has 0 radical (unpaired) electrons. The minimum Gasteiger partial charge on any atom is -0.379 e. The van der Waals surface area contributed by atoms with Crippen molar-refractivity contribution in [3.8, 4) is 5.75 Å². The molecule has 0 unspecified atom stereocenters. The van der Waals surface area contributed by atoms with E-state index in [9.17, 15) is 13.2 Å². The Balaban J connectivity index is 2.07. The third-order valence-electron chi connectivity index (χ3n) is 2.94. The minimum atomic E-state index is -3.99. The van der Waals surface area contributed by atoms with E-state index >= 15 is 0 Å². The topological polar surface area (TPSA) is 123 Å². The number of rotatable bonds is 6. The van der Waals surface area contributed by atoms with Crippen LogP contribution in [0.3, 0.4) is 0 Å². The lowest BCUT2D eigenvalue weighted by molar-refractivity contribution is -0.114. The van der Waals surface area contributed by atoms with Crippen LogP contribution in [0.4, 0.5) is 5.69 Å². The number of nitrogens with zero attached hydrogens (tertiary/aromatic N) is 1. The van der Waals surface area contributed by atoms with E-state index in [0.717, 1.165) is 0 Å². The van der Waals surface area contributed by atoms with E-state index in [1.807, 2.05) is 0 Å². The first-order valence-corrected chi connectivity index (χ1v) is 9.08. The summed E-state index contributed by atoms with van der Waals surface area (Å²) in [5.41, 5.74) is 8.83. The van der Waals surface area contributed by atoms with Crippen molar-refractivity contribution in [2.45, 2.75) is 11.8 Å². The minimum absolute atomic E-state index is 0.0297. The van der Waals surface area contributed by atoms with E-state index in [4.69, 9.17) is 9.92 Å². The number of carbonyl (C=O) groups is 1. The summed E-state index contributed by atoms with van der Waals surface area (Å²) < 4.78 is 29.7. The van der Waals surface area contributed by atoms with Gasteiger partial charge >= 0.3 is 10.1 Å². The van der Waals surface area contributed by atoms with Gasteiger partial charge in [0.1, 0.15) is 10.6 Å². The number of hydrogen-bond donors (Lipinski definition) is 3. The molecule has 0 saturated carbocycles. The number of thiocarbonyl (C=S) groups is 1. The summed E-state index contributed by atoms with van der Waals surface area (Å²) in [6.07, 6.45) is 1.47. The van der Waals surface area contributed by atoms with Gasteiger partial charge in [0.2, 0.25) is 5.91 Å². The maximum absolute atomic E-state index is 12.3. The zero-order chi connectivity index (χ0) is 19.2. The number of anilines is 1. The van der Waals surface area contributed by atoms with Crippen LogP contribution < -0.4 is 20.7 Å². The zero-order valence-electron chi connectivity index (χ0n) is 13.7. The number of benzene rings is 2. The second-order valence-corrected chi connectivity index (χ2v) is 7.03. The van der Waals surface area contributed by atoms with Crippen LogP contribution in [-0.2, 0) is 14.9 Å². The molecule has 1 amide bonds. The van der Waals surface area contributed by atoms with E-state index in [0.29, 0.717) is 11.3 Å². The highest BCUT2D eigenvalue weighted by Gasteiger charge is 2.16. The van der Waals surface area contributed by atoms with Crippen LogP contribution in [0.25, 0.3) is 0 Å². The molecule has 2 aromatic rings. The Hall–Kier alpha value is -2.98. The lowest BCUT2D eigenvalue weighted by Crippen LogP contribution is -2.23. The molecule has 0 aliphatic heterocycles. The molecule has 4 N–H and O–H groups in total. The van der Waals surface area contributed by atoms with Crippen molar-refractivity contribution in [2.24, 2.45) is 10.8 Å². The van der Waals surface area contributed by atoms with Crippen molar-refractivity contribution in [1.29, 1.82) is 0 Å². The fourth-order valence-electron chi connectivity index (χ4n) is 1.86. The van der Waals surface area contributed by atoms with Gasteiger partial charge in [-0.05, 0) is 66.3 Å². The highest BCUT2D eigenvalue weighted by atomic mass is 32.2. The molecule has 0 spiro atoms. The molecule has 0 aliphatic carbocycles. The maximum atomic E-state index is 12.3. The molecule has 0 bridgehead atoms. The van der Waals surface area contributed by atoms with E-state index in [2.05, 4.69) is 28.1 Å². The van der Waals surface area contributed by atoms with Crippen molar-refractivity contribution in [2.75, 3.05) is 5.32 Å². The molecule has 0 saturated heterocycles. The summed E-state index contributed by atoms with van der Waals surface area (Å²) in [5, 5.41) is 6.39. The van der Waals surface area contributed by atoms with Gasteiger partial charge in [-0.15, -0.1) is 0 Å². The molecular formula is C16H16N4O4S2. The Morgan fingerprint density at radius 2 is 1.77 bits per heavy atom. The van der Waals surface area contributed by atoms with Crippen molar-refractivity contribution in [1.82, 2.24) is 5.43 Å². The van der Waals surface area contributed by atoms with Crippen LogP contribution in [0, 0.1) is 0 Å². The fourth-order valence-corrected chi connectivity index (χ4v) is 2.85. The van der Waals surface area contributed by atoms with Crippen LogP contribution in [0.2, 0.25) is 0 Å². The van der Waals surface area contributed by atoms with Crippen molar-refractivity contribution in [3.63, 3.8) is 0 Å². The third-order valence-corrected chi connectivity index (χ3v) is 4.29. The lowest BCUT2D eigenvalue weighted by atomic mass is 10.2. The van der Waals surface area contributed by atoms with Crippen molar-refractivity contribution < 1.29 is 17.4 Å². The highest BCUT2D eigenvalue weighted by molar-refractivity contribution is 7.87. The predicted octanol–water partition coefficient (Wildman–Crippen LogP) is 1.58. The van der Waals surface area contributed by atoms with Crippen LogP contribution in [0.5, 0.6) is 5.75 Å². The monoisotopic (exact) mass is 392 g/mol. The Kier molecular flexibility index (Phi) is 6.26. The molecule has 0 aromatic heterocycles. The predicted molar refractivity (Wildman–Crippen MR) is 103 cm³/mol. The van der Waals surface area contributed by atoms with Gasteiger partial charge in [0, 0.05) is 12.6 Å². The molecule has 26 heavy (non-hydrogen) atoms. The summed E-state index contributed by atoms with van der Waals surface area (Å²) in [4.78, 5) is 11.0. The molecule has 10 heteroatoms. The molecule has 2 rings (SSSR count). The van der Waals surface area contributed by atoms with E-state index in [1.54, 1.807) is 12.1 Å². The lowest BCUT2D eigenvalue weighted by Gasteiger charge is -2.08. The first-order chi connectivity index (χ1) is 12.3. The molecule has 136 valence electrons. The van der Waals surface area contributed by atoms with Gasteiger partial charge in [-0.2, -0.15) is 13.5 Å². The molecule has 0 heterocycles. The van der Waals surface area contributed by atoms with Gasteiger partial charge in [0.15, 0.2) is 5.11 Å². The van der Waals surface area contributed by atoms with Crippen LogP contribution >= 0.6 is 12.2 Å². The van der Waals surface area contributed by atoms with Crippen LogP contribution in [-0.4, -0.2) is 25.7 Å². The fraction of sp³-hybridized carbons (Fsp3) is 0.0625. The van der Waals surface area contributed by atoms with Gasteiger partial charge in [-0.3, -0.25) is 10.2 Å². The summed E-state index contributed by atoms with van der Waals surface area (Å²) >= 11 is 4.61. The van der Waals surface area contributed by atoms with Gasteiger partial charge < -0.3 is 15.2 Å². The quantitative estimate of drug-likeness (QED) is 0.295. The standard InChI is InChI=1S/C16H16N4O4S2/c1-11(21)19-13-4-8-15(9-5-13)26(22,23)24-14-6-2-12(3-7-14)10-18-20-16(17)25/h2-10H,1H3,(H,19,21)(H3,17,20,25)/b18-10-. The van der Waals surface area contributed by atoms with E-state index in [-0.39, 0.29) is 21.7 Å². The average molecular weight is 392 g/mol. The van der Waals surface area contributed by atoms with Gasteiger partial charge in [-0.25, -0.2) is 0 Å². The van der Waals surface area contributed by atoms with E-state index in [1.165, 1.54) is 49.5 Å². The average Bonchev–Trinajstić information content (AvgIpc) is 2.56. The molecule has 0 atom stereocenters. The number of nitrogens with one attached hydrogen (secondary N) is 2. The van der Waals surface area contributed by atoms with Gasteiger partial charge in [0.25, 0.3) is 0 Å². The zero-order valence-corrected chi connectivity index (χ0v) is 15.3. The summed E-state index contributed by atoms with van der Waals surface area (Å²) in [6.45, 7) is 1.36. The normalized spacial score (nSPS) is 11.1. The first-order valence-electron chi connectivity index (χ1n) is 7.27. The SMILES string of the molecule is CC(=O)Nc1ccc(S(=O)(=O)Oc2ccc(/C=N\NC(N)=S)cc2)cc1. The van der Waals surface area contributed by atoms with Crippen LogP contribution in [0.1, 0.15) is 12.5 Å². The Labute approximate surface area is 156 Å². The maximum Gasteiger partial charge on any atom is 0.339 e. The second-order valence-electron chi connectivity index (χ2n) is 5.05. The number of amides is 1. The Morgan fingerprint density at radius 1 is 1.15 bits per heavy atom. The summed E-state index contributed by atoms with van der Waals surface area (Å²) in [5.74, 6) is -0.0978. The largest absolute Gasteiger partial charge is 0.379 e. The Bertz CT molecular complexity index is 924. The van der Waals surface area contributed by atoms with E-state index < -0.39 is 10.1 Å². The number of carbonyl (C=O) groups excluding carboxylic acids is 1. The second kappa shape index (κ2) is 8.41. The van der Waals surface area contributed by atoms with Crippen molar-refractivity contribution in [3.05, 3.63) is 54.1 Å². The number of hydrogen-bond acceptors (Lipinski definition) is 6. The Morgan fingerprint density at radius 3 is 2.31 bits per heavy atom. The molecule has 2 aromatic carbocycles. The highest BCUT2D eigenvalue weighted by Crippen LogP contribution is 2.20. The number of hydrazone groups is 1. The number of nitrogens with two attached hydrogens (primary N) is 1. The molecule has 8 nitrogen and oxygen atoms in total. The third kappa shape index (κ3) is 5.83. The summed E-state index contributed by atoms with van der Waals surface area (Å²) in [6, 6.07) is 11.9. The van der Waals surface area contributed by atoms with Gasteiger partial charge in [0.05, 0.1) is 6.21 Å². The van der Waals surface area contributed by atoms with Crippen molar-refractivity contribution >= 4 is 45.3 Å². The summed E-state index contributed by atoms with van der Waals surface area (Å²) in [7, 11) is -3.99. The van der Waals surface area contributed by atoms with Crippen LogP contribution in [0.15, 0.2) is 58.5 Å². The molecule has 0 fully saturated rings. The first kappa shape index (κ1) is 19.3. The molecular weight excluding hydrogens is 376 g/mol.